The third-order valence-electron chi connectivity index (χ3n) is 9.23. The van der Waals surface area contributed by atoms with Crippen LogP contribution in [0.5, 0.6) is 0 Å². The number of rotatable bonds is 1. The molecule has 0 bridgehead atoms. The van der Waals surface area contributed by atoms with Crippen LogP contribution in [0.25, 0.3) is 0 Å². The second-order valence-electron chi connectivity index (χ2n) is 10.2. The summed E-state index contributed by atoms with van der Waals surface area (Å²) in [5.74, 6) is 1.47. The minimum absolute atomic E-state index is 0.00605. The summed E-state index contributed by atoms with van der Waals surface area (Å²) in [6.07, 6.45) is 5.60. The summed E-state index contributed by atoms with van der Waals surface area (Å²) in [5, 5.41) is 31.6. The van der Waals surface area contributed by atoms with Gasteiger partial charge in [0, 0.05) is 17.8 Å². The Morgan fingerprint density at radius 2 is 1.84 bits per heavy atom. The van der Waals surface area contributed by atoms with Gasteiger partial charge >= 0.3 is 0 Å². The molecule has 0 unspecified atom stereocenters. The fourth-order valence-corrected chi connectivity index (χ4v) is 7.77. The molecule has 4 saturated carbocycles. The van der Waals surface area contributed by atoms with Crippen molar-refractivity contribution in [2.45, 2.75) is 89.9 Å². The summed E-state index contributed by atoms with van der Waals surface area (Å²) in [5.41, 5.74) is -1.64. The van der Waals surface area contributed by atoms with E-state index in [4.69, 9.17) is 0 Å². The van der Waals surface area contributed by atoms with Crippen LogP contribution in [0.2, 0.25) is 0 Å². The highest BCUT2D eigenvalue weighted by Gasteiger charge is 2.68. The van der Waals surface area contributed by atoms with Crippen LogP contribution in [-0.4, -0.2) is 38.9 Å². The SMILES string of the molecule is C[C@@H](O)[C@@]1(O)CC[C@H]2[C@@H]3CC[C@H]4C[C@@H](O)CC[C@]4(C)[C@H]3C(=O)C[C@@]21C. The summed E-state index contributed by atoms with van der Waals surface area (Å²) < 4.78 is 0. The Bertz CT molecular complexity index is 574. The molecule has 0 aromatic heterocycles. The fourth-order valence-electron chi connectivity index (χ4n) is 7.77. The van der Waals surface area contributed by atoms with Crippen LogP contribution >= 0.6 is 0 Å². The molecule has 3 N–H and O–H groups in total. The van der Waals surface area contributed by atoms with E-state index in [9.17, 15) is 20.1 Å². The van der Waals surface area contributed by atoms with Crippen molar-refractivity contribution in [3.63, 3.8) is 0 Å². The molecule has 4 nitrogen and oxygen atoms in total. The van der Waals surface area contributed by atoms with E-state index >= 15 is 0 Å². The highest BCUT2D eigenvalue weighted by Crippen LogP contribution is 2.67. The Morgan fingerprint density at radius 1 is 1.12 bits per heavy atom. The van der Waals surface area contributed by atoms with Gasteiger partial charge in [0.25, 0.3) is 0 Å². The third-order valence-corrected chi connectivity index (χ3v) is 9.23. The molecule has 4 aliphatic rings. The molecule has 0 aliphatic heterocycles. The highest BCUT2D eigenvalue weighted by atomic mass is 16.3. The van der Waals surface area contributed by atoms with Gasteiger partial charge in [0.1, 0.15) is 5.78 Å². The molecule has 0 aromatic rings. The molecule has 0 saturated heterocycles. The Labute approximate surface area is 151 Å². The maximum absolute atomic E-state index is 13.4. The van der Waals surface area contributed by atoms with E-state index in [2.05, 4.69) is 6.92 Å². The summed E-state index contributed by atoms with van der Waals surface area (Å²) in [4.78, 5) is 13.4. The lowest BCUT2D eigenvalue weighted by Crippen LogP contribution is -2.62. The van der Waals surface area contributed by atoms with Gasteiger partial charge in [0.05, 0.1) is 17.8 Å². The molecule has 0 aromatic carbocycles. The number of hydrogen-bond donors (Lipinski definition) is 3. The van der Waals surface area contributed by atoms with Gasteiger partial charge in [-0.2, -0.15) is 0 Å². The monoisotopic (exact) mass is 350 g/mol. The quantitative estimate of drug-likeness (QED) is 0.679. The average molecular weight is 350 g/mol. The number of aliphatic hydroxyl groups is 3. The van der Waals surface area contributed by atoms with Gasteiger partial charge in [-0.05, 0) is 75.0 Å². The van der Waals surface area contributed by atoms with Crippen LogP contribution in [-0.2, 0) is 4.79 Å². The first kappa shape index (κ1) is 17.9. The van der Waals surface area contributed by atoms with Gasteiger partial charge in [-0.15, -0.1) is 0 Å². The lowest BCUT2D eigenvalue weighted by molar-refractivity contribution is -0.190. The van der Waals surface area contributed by atoms with Crippen LogP contribution in [0.3, 0.4) is 0 Å². The predicted molar refractivity (Wildman–Crippen MR) is 94.8 cm³/mol. The first-order valence-corrected chi connectivity index (χ1v) is 10.2. The highest BCUT2D eigenvalue weighted by molar-refractivity contribution is 5.84. The second-order valence-corrected chi connectivity index (χ2v) is 10.2. The summed E-state index contributed by atoms with van der Waals surface area (Å²) in [6.45, 7) is 6.01. The molecule has 25 heavy (non-hydrogen) atoms. The average Bonchev–Trinajstić information content (AvgIpc) is 2.80. The third kappa shape index (κ3) is 2.20. The van der Waals surface area contributed by atoms with Crippen LogP contribution in [0.15, 0.2) is 0 Å². The van der Waals surface area contributed by atoms with Crippen molar-refractivity contribution < 1.29 is 20.1 Å². The zero-order valence-corrected chi connectivity index (χ0v) is 15.9. The van der Waals surface area contributed by atoms with E-state index in [-0.39, 0.29) is 17.4 Å². The maximum Gasteiger partial charge on any atom is 0.137 e. The van der Waals surface area contributed by atoms with Crippen LogP contribution < -0.4 is 0 Å². The van der Waals surface area contributed by atoms with E-state index in [1.54, 1.807) is 6.92 Å². The van der Waals surface area contributed by atoms with Gasteiger partial charge in [-0.25, -0.2) is 0 Å². The lowest BCUT2D eigenvalue weighted by Gasteiger charge is -2.60. The van der Waals surface area contributed by atoms with Crippen LogP contribution in [0.1, 0.15) is 72.1 Å². The molecule has 0 amide bonds. The number of carbonyl (C=O) groups is 1. The minimum atomic E-state index is -1.14. The van der Waals surface area contributed by atoms with E-state index in [1.807, 2.05) is 6.92 Å². The Balaban J connectivity index is 1.70. The van der Waals surface area contributed by atoms with E-state index in [0.717, 1.165) is 38.5 Å². The van der Waals surface area contributed by atoms with Crippen molar-refractivity contribution in [3.8, 4) is 0 Å². The van der Waals surface area contributed by atoms with E-state index in [0.29, 0.717) is 36.4 Å². The lowest BCUT2D eigenvalue weighted by atomic mass is 9.44. The number of carbonyl (C=O) groups excluding carboxylic acids is 1. The zero-order valence-electron chi connectivity index (χ0n) is 15.9. The largest absolute Gasteiger partial charge is 0.393 e. The Kier molecular flexibility index (Phi) is 3.97. The predicted octanol–water partition coefficient (Wildman–Crippen LogP) is 2.68. The van der Waals surface area contributed by atoms with Crippen LogP contribution in [0, 0.1) is 34.5 Å². The molecule has 9 atom stereocenters. The minimum Gasteiger partial charge on any atom is -0.393 e. The smallest absolute Gasteiger partial charge is 0.137 e. The normalized spacial score (nSPS) is 56.7. The molecule has 4 rings (SSSR count). The first-order valence-electron chi connectivity index (χ1n) is 10.2. The van der Waals surface area contributed by atoms with Gasteiger partial charge in [0.15, 0.2) is 0 Å². The van der Waals surface area contributed by atoms with Crippen molar-refractivity contribution in [1.29, 1.82) is 0 Å². The van der Waals surface area contributed by atoms with Gasteiger partial charge in [-0.3, -0.25) is 4.79 Å². The summed E-state index contributed by atoms with van der Waals surface area (Å²) >= 11 is 0. The number of hydrogen-bond acceptors (Lipinski definition) is 4. The zero-order chi connectivity index (χ0) is 18.2. The molecule has 0 radical (unpaired) electrons. The number of aliphatic hydroxyl groups excluding tert-OH is 2. The van der Waals surface area contributed by atoms with Gasteiger partial charge in [-0.1, -0.05) is 13.8 Å². The number of Topliss-reactive ketones (excluding diaryl/α,β-unsaturated/α-hetero) is 1. The van der Waals surface area contributed by atoms with E-state index < -0.39 is 17.1 Å². The Hall–Kier alpha value is -0.450. The number of fused-ring (bicyclic) bond motifs is 5. The molecule has 0 heterocycles. The second kappa shape index (κ2) is 5.53. The van der Waals surface area contributed by atoms with Gasteiger partial charge in [0.2, 0.25) is 0 Å². The van der Waals surface area contributed by atoms with Crippen LogP contribution in [0.4, 0.5) is 0 Å². The molecule has 142 valence electrons. The topological polar surface area (TPSA) is 77.8 Å². The molecule has 4 aliphatic carbocycles. The van der Waals surface area contributed by atoms with Crippen molar-refractivity contribution in [1.82, 2.24) is 0 Å². The molecule has 0 spiro atoms. The summed E-state index contributed by atoms with van der Waals surface area (Å²) in [7, 11) is 0. The molecular formula is C21H34O4. The van der Waals surface area contributed by atoms with Crippen molar-refractivity contribution in [3.05, 3.63) is 0 Å². The van der Waals surface area contributed by atoms with Crippen molar-refractivity contribution in [2.24, 2.45) is 34.5 Å². The summed E-state index contributed by atoms with van der Waals surface area (Å²) in [6, 6.07) is 0. The van der Waals surface area contributed by atoms with E-state index in [1.165, 1.54) is 0 Å². The van der Waals surface area contributed by atoms with Crippen molar-refractivity contribution in [2.75, 3.05) is 0 Å². The molecule has 4 heteroatoms. The first-order chi connectivity index (χ1) is 11.6. The van der Waals surface area contributed by atoms with Gasteiger partial charge < -0.3 is 15.3 Å². The van der Waals surface area contributed by atoms with Crippen molar-refractivity contribution >= 4 is 5.78 Å². The fraction of sp³-hybridized carbons (Fsp3) is 0.952. The molecule has 4 fully saturated rings. The molecular weight excluding hydrogens is 316 g/mol. The number of ketones is 1. The maximum atomic E-state index is 13.4. The Morgan fingerprint density at radius 3 is 2.52 bits per heavy atom. The standard InChI is InChI=1S/C21H34O4/c1-12(22)21(25)9-7-16-15-5-4-13-10-14(23)6-8-19(13,2)18(15)17(24)11-20(16,21)3/h12-16,18,22-23,25H,4-11H2,1-3H3/t12-,13+,14+,15+,16+,18-,19+,20+,21+/m1/s1.